The number of esters is 1. The lowest BCUT2D eigenvalue weighted by Gasteiger charge is -2.26. The minimum Gasteiger partial charge on any atom is -0.461 e. The quantitative estimate of drug-likeness (QED) is 0.870. The fraction of sp³-hybridized carbons (Fsp3) is 0.533. The van der Waals surface area contributed by atoms with Crippen molar-refractivity contribution in [1.29, 1.82) is 0 Å². The van der Waals surface area contributed by atoms with E-state index in [2.05, 4.69) is 15.9 Å². The predicted octanol–water partition coefficient (Wildman–Crippen LogP) is 2.87. The van der Waals surface area contributed by atoms with Gasteiger partial charge in [-0.2, -0.15) is 0 Å². The molecule has 4 heteroatoms. The van der Waals surface area contributed by atoms with E-state index in [1.807, 2.05) is 24.3 Å². The van der Waals surface area contributed by atoms with Crippen molar-refractivity contribution < 1.29 is 9.53 Å². The lowest BCUT2D eigenvalue weighted by molar-refractivity contribution is -0.152. The highest BCUT2D eigenvalue weighted by Crippen LogP contribution is 2.48. The van der Waals surface area contributed by atoms with Gasteiger partial charge in [-0.3, -0.25) is 4.79 Å². The van der Waals surface area contributed by atoms with Crippen molar-refractivity contribution in [2.75, 3.05) is 0 Å². The Hall–Kier alpha value is -0.870. The van der Waals surface area contributed by atoms with Crippen molar-refractivity contribution in [3.8, 4) is 0 Å². The van der Waals surface area contributed by atoms with E-state index in [1.54, 1.807) is 0 Å². The maximum atomic E-state index is 12.2. The summed E-state index contributed by atoms with van der Waals surface area (Å²) in [6, 6.07) is 7.83. The monoisotopic (exact) mass is 323 g/mol. The Kier molecular flexibility index (Phi) is 3.63. The van der Waals surface area contributed by atoms with Crippen LogP contribution >= 0.6 is 15.9 Å². The average Bonchev–Trinajstić information content (AvgIpc) is 2.97. The molecule has 3 rings (SSSR count). The molecule has 2 aliphatic carbocycles. The first-order valence-corrected chi connectivity index (χ1v) is 7.61. The van der Waals surface area contributed by atoms with Crippen LogP contribution in [0.2, 0.25) is 0 Å². The third-order valence-corrected chi connectivity index (χ3v) is 5.02. The summed E-state index contributed by atoms with van der Waals surface area (Å²) >= 11 is 3.41. The Morgan fingerprint density at radius 2 is 2.16 bits per heavy atom. The number of halogens is 1. The number of benzene rings is 1. The van der Waals surface area contributed by atoms with Crippen molar-refractivity contribution in [3.05, 3.63) is 34.3 Å². The molecule has 0 spiro atoms. The zero-order valence-electron chi connectivity index (χ0n) is 10.7. The van der Waals surface area contributed by atoms with Crippen molar-refractivity contribution in [3.63, 3.8) is 0 Å². The fourth-order valence-corrected chi connectivity index (χ4v) is 4.01. The van der Waals surface area contributed by atoms with Gasteiger partial charge in [-0.05, 0) is 48.8 Å². The number of fused-ring (bicyclic) bond motifs is 2. The minimum absolute atomic E-state index is 0.00811. The molecule has 0 radical (unpaired) electrons. The van der Waals surface area contributed by atoms with Crippen LogP contribution in [0.3, 0.4) is 0 Å². The molecule has 2 saturated carbocycles. The molecule has 0 aromatic heterocycles. The van der Waals surface area contributed by atoms with Crippen LogP contribution in [0.4, 0.5) is 0 Å². The molecule has 1 aromatic rings. The van der Waals surface area contributed by atoms with Crippen LogP contribution < -0.4 is 5.73 Å². The molecule has 3 nitrogen and oxygen atoms in total. The maximum absolute atomic E-state index is 12.2. The summed E-state index contributed by atoms with van der Waals surface area (Å²) in [4.78, 5) is 12.2. The molecule has 2 fully saturated rings. The standard InChI is InChI=1S/C15H18BrNO2/c16-12-3-1-2-9(6-12)8-19-15(18)13-10-4-5-11(7-10)14(13)17/h1-3,6,10-11,13-14H,4-5,7-8,17H2. The van der Waals surface area contributed by atoms with Crippen molar-refractivity contribution in [2.45, 2.75) is 31.9 Å². The van der Waals surface area contributed by atoms with Gasteiger partial charge in [-0.15, -0.1) is 0 Å². The number of carbonyl (C=O) groups is 1. The van der Waals surface area contributed by atoms with E-state index in [1.165, 1.54) is 6.42 Å². The summed E-state index contributed by atoms with van der Waals surface area (Å²) in [6.07, 6.45) is 3.42. The highest BCUT2D eigenvalue weighted by atomic mass is 79.9. The Morgan fingerprint density at radius 1 is 1.37 bits per heavy atom. The summed E-state index contributed by atoms with van der Waals surface area (Å²) in [7, 11) is 0. The molecule has 2 N–H and O–H groups in total. The van der Waals surface area contributed by atoms with Gasteiger partial charge in [0.2, 0.25) is 0 Å². The Labute approximate surface area is 121 Å². The van der Waals surface area contributed by atoms with E-state index < -0.39 is 0 Å². The van der Waals surface area contributed by atoms with E-state index >= 15 is 0 Å². The van der Waals surface area contributed by atoms with Gasteiger partial charge in [-0.1, -0.05) is 28.1 Å². The number of nitrogens with two attached hydrogens (primary N) is 1. The Bertz CT molecular complexity index is 489. The van der Waals surface area contributed by atoms with Crippen LogP contribution in [0.25, 0.3) is 0 Å². The molecule has 2 bridgehead atoms. The van der Waals surface area contributed by atoms with Crippen LogP contribution in [0.5, 0.6) is 0 Å². The molecule has 19 heavy (non-hydrogen) atoms. The van der Waals surface area contributed by atoms with E-state index in [0.29, 0.717) is 18.4 Å². The highest BCUT2D eigenvalue weighted by Gasteiger charge is 2.49. The minimum atomic E-state index is -0.111. The zero-order valence-corrected chi connectivity index (χ0v) is 12.3. The summed E-state index contributed by atoms with van der Waals surface area (Å²) in [5, 5.41) is 0. The van der Waals surface area contributed by atoms with Crippen molar-refractivity contribution >= 4 is 21.9 Å². The molecule has 0 saturated heterocycles. The summed E-state index contributed by atoms with van der Waals surface area (Å²) in [6.45, 7) is 0.332. The average molecular weight is 324 g/mol. The number of hydrogen-bond acceptors (Lipinski definition) is 3. The molecule has 1 aromatic carbocycles. The van der Waals surface area contributed by atoms with E-state index in [0.717, 1.165) is 22.9 Å². The number of rotatable bonds is 3. The molecule has 102 valence electrons. The molecule has 0 heterocycles. The number of ether oxygens (including phenoxy) is 1. The maximum Gasteiger partial charge on any atom is 0.311 e. The highest BCUT2D eigenvalue weighted by molar-refractivity contribution is 9.10. The normalized spacial score (nSPS) is 32.5. The van der Waals surface area contributed by atoms with Crippen molar-refractivity contribution in [1.82, 2.24) is 0 Å². The lowest BCUT2D eigenvalue weighted by Crippen LogP contribution is -2.40. The van der Waals surface area contributed by atoms with Crippen molar-refractivity contribution in [2.24, 2.45) is 23.5 Å². The van der Waals surface area contributed by atoms with Gasteiger partial charge >= 0.3 is 5.97 Å². The second-order valence-electron chi connectivity index (χ2n) is 5.67. The Balaban J connectivity index is 1.60. The molecular formula is C15H18BrNO2. The zero-order chi connectivity index (χ0) is 13.4. The predicted molar refractivity (Wildman–Crippen MR) is 76.2 cm³/mol. The smallest absolute Gasteiger partial charge is 0.311 e. The van der Waals surface area contributed by atoms with E-state index in [-0.39, 0.29) is 17.9 Å². The molecule has 4 atom stereocenters. The summed E-state index contributed by atoms with van der Waals surface area (Å²) in [5.41, 5.74) is 7.15. The van der Waals surface area contributed by atoms with Gasteiger partial charge in [0.05, 0.1) is 5.92 Å². The second kappa shape index (κ2) is 5.25. The summed E-state index contributed by atoms with van der Waals surface area (Å²) < 4.78 is 6.45. The Morgan fingerprint density at radius 3 is 2.84 bits per heavy atom. The van der Waals surface area contributed by atoms with Crippen LogP contribution in [0, 0.1) is 17.8 Å². The van der Waals surface area contributed by atoms with Gasteiger partial charge in [0.25, 0.3) is 0 Å². The third kappa shape index (κ3) is 2.56. The first-order chi connectivity index (χ1) is 9.15. The second-order valence-corrected chi connectivity index (χ2v) is 6.59. The topological polar surface area (TPSA) is 52.3 Å². The number of hydrogen-bond donors (Lipinski definition) is 1. The van der Waals surface area contributed by atoms with Crippen LogP contribution in [0.15, 0.2) is 28.7 Å². The molecule has 0 amide bonds. The first kappa shape index (κ1) is 13.1. The number of carbonyl (C=O) groups excluding carboxylic acids is 1. The van der Waals surface area contributed by atoms with Gasteiger partial charge in [-0.25, -0.2) is 0 Å². The van der Waals surface area contributed by atoms with Crippen LogP contribution in [-0.4, -0.2) is 12.0 Å². The molecular weight excluding hydrogens is 306 g/mol. The third-order valence-electron chi connectivity index (χ3n) is 4.52. The van der Waals surface area contributed by atoms with E-state index in [4.69, 9.17) is 10.5 Å². The largest absolute Gasteiger partial charge is 0.461 e. The van der Waals surface area contributed by atoms with Gasteiger partial charge < -0.3 is 10.5 Å². The lowest BCUT2D eigenvalue weighted by atomic mass is 9.85. The SMILES string of the molecule is NC1C2CCC(C2)C1C(=O)OCc1cccc(Br)c1. The first-order valence-electron chi connectivity index (χ1n) is 6.82. The van der Waals surface area contributed by atoms with Gasteiger partial charge in [0, 0.05) is 10.5 Å². The van der Waals surface area contributed by atoms with E-state index in [9.17, 15) is 4.79 Å². The fourth-order valence-electron chi connectivity index (χ4n) is 3.56. The molecule has 4 unspecified atom stereocenters. The molecule has 2 aliphatic rings. The van der Waals surface area contributed by atoms with Gasteiger partial charge in [0.1, 0.15) is 6.61 Å². The summed E-state index contributed by atoms with van der Waals surface area (Å²) in [5.74, 6) is 0.800. The molecule has 0 aliphatic heterocycles. The van der Waals surface area contributed by atoms with Gasteiger partial charge in [0.15, 0.2) is 0 Å². The van der Waals surface area contributed by atoms with Crippen LogP contribution in [-0.2, 0) is 16.1 Å². The van der Waals surface area contributed by atoms with Crippen LogP contribution in [0.1, 0.15) is 24.8 Å².